The van der Waals surface area contributed by atoms with Gasteiger partial charge in [0.25, 0.3) is 0 Å². The van der Waals surface area contributed by atoms with E-state index in [1.807, 2.05) is 39.0 Å². The molecule has 1 aromatic carbocycles. The van der Waals surface area contributed by atoms with Gasteiger partial charge in [-0.25, -0.2) is 4.98 Å². The molecule has 2 aromatic rings. The molecule has 0 aliphatic carbocycles. The van der Waals surface area contributed by atoms with E-state index in [1.54, 1.807) is 0 Å². The molecule has 0 spiro atoms. The van der Waals surface area contributed by atoms with Gasteiger partial charge in [0, 0.05) is 11.3 Å². The molecule has 80 valence electrons. The second-order valence-corrected chi connectivity index (χ2v) is 2.91. The number of nitrogens with zero attached hydrogens (tertiary/aromatic N) is 2. The van der Waals surface area contributed by atoms with E-state index in [2.05, 4.69) is 15.2 Å². The predicted octanol–water partition coefficient (Wildman–Crippen LogP) is 2.39. The first-order valence-corrected chi connectivity index (χ1v) is 4.99. The van der Waals surface area contributed by atoms with Gasteiger partial charge in [0.15, 0.2) is 5.82 Å². The Morgan fingerprint density at radius 2 is 2.00 bits per heavy atom. The van der Waals surface area contributed by atoms with Gasteiger partial charge in [0.2, 0.25) is 0 Å². The van der Waals surface area contributed by atoms with Crippen LogP contribution in [0.4, 0.5) is 5.69 Å². The summed E-state index contributed by atoms with van der Waals surface area (Å²) >= 11 is 0. The van der Waals surface area contributed by atoms with Crippen LogP contribution in [0.25, 0.3) is 11.4 Å². The van der Waals surface area contributed by atoms with Crippen LogP contribution in [0, 0.1) is 6.92 Å². The molecule has 0 unspecified atom stereocenters. The molecule has 15 heavy (non-hydrogen) atoms. The number of hydrogen-bond donors (Lipinski definition) is 2. The minimum atomic E-state index is 0.742. The van der Waals surface area contributed by atoms with Crippen LogP contribution >= 0.6 is 0 Å². The Morgan fingerprint density at radius 3 is 2.53 bits per heavy atom. The maximum atomic E-state index is 5.76. The van der Waals surface area contributed by atoms with Crippen molar-refractivity contribution >= 4 is 5.69 Å². The molecular formula is C11H16N4. The average molecular weight is 204 g/mol. The monoisotopic (exact) mass is 204 g/mol. The van der Waals surface area contributed by atoms with Crippen molar-refractivity contribution in [2.45, 2.75) is 20.8 Å². The molecule has 0 atom stereocenters. The van der Waals surface area contributed by atoms with Crippen molar-refractivity contribution in [3.8, 4) is 11.4 Å². The van der Waals surface area contributed by atoms with Gasteiger partial charge >= 0.3 is 0 Å². The third kappa shape index (κ3) is 2.56. The average Bonchev–Trinajstić information content (AvgIpc) is 2.78. The van der Waals surface area contributed by atoms with Gasteiger partial charge in [-0.3, -0.25) is 5.10 Å². The summed E-state index contributed by atoms with van der Waals surface area (Å²) in [6, 6.07) is 5.81. The van der Waals surface area contributed by atoms with Crippen molar-refractivity contribution < 1.29 is 0 Å². The van der Waals surface area contributed by atoms with Crippen molar-refractivity contribution in [2.75, 3.05) is 5.73 Å². The van der Waals surface area contributed by atoms with E-state index in [1.165, 1.54) is 6.33 Å². The zero-order chi connectivity index (χ0) is 11.3. The molecule has 4 heteroatoms. The van der Waals surface area contributed by atoms with Crippen molar-refractivity contribution in [3.05, 3.63) is 30.1 Å². The molecule has 3 N–H and O–H groups in total. The largest absolute Gasteiger partial charge is 0.398 e. The van der Waals surface area contributed by atoms with Gasteiger partial charge in [-0.15, -0.1) is 0 Å². The summed E-state index contributed by atoms with van der Waals surface area (Å²) in [6.07, 6.45) is 1.48. The SMILES string of the molecule is CC.Cc1ccc(-c2ncn[nH]2)cc1N. The van der Waals surface area contributed by atoms with Crippen LogP contribution in [0.5, 0.6) is 0 Å². The van der Waals surface area contributed by atoms with Gasteiger partial charge in [0.05, 0.1) is 0 Å². The maximum absolute atomic E-state index is 5.76. The zero-order valence-corrected chi connectivity index (χ0v) is 9.28. The summed E-state index contributed by atoms with van der Waals surface area (Å²) < 4.78 is 0. The van der Waals surface area contributed by atoms with Crippen molar-refractivity contribution in [2.24, 2.45) is 0 Å². The lowest BCUT2D eigenvalue weighted by molar-refractivity contribution is 1.09. The third-order valence-corrected chi connectivity index (χ3v) is 1.97. The third-order valence-electron chi connectivity index (χ3n) is 1.97. The Kier molecular flexibility index (Phi) is 3.85. The van der Waals surface area contributed by atoms with Crippen LogP contribution in [0.2, 0.25) is 0 Å². The summed E-state index contributed by atoms with van der Waals surface area (Å²) in [4.78, 5) is 4.04. The van der Waals surface area contributed by atoms with E-state index in [0.29, 0.717) is 0 Å². The lowest BCUT2D eigenvalue weighted by Gasteiger charge is -2.01. The first-order valence-electron chi connectivity index (χ1n) is 4.99. The molecule has 0 bridgehead atoms. The number of aromatic amines is 1. The fraction of sp³-hybridized carbons (Fsp3) is 0.273. The van der Waals surface area contributed by atoms with Crippen LogP contribution in [0.1, 0.15) is 19.4 Å². The number of aromatic nitrogens is 3. The fourth-order valence-electron chi connectivity index (χ4n) is 1.13. The Morgan fingerprint density at radius 1 is 1.27 bits per heavy atom. The lowest BCUT2D eigenvalue weighted by Crippen LogP contribution is -1.90. The molecule has 1 heterocycles. The minimum absolute atomic E-state index is 0.742. The van der Waals surface area contributed by atoms with E-state index >= 15 is 0 Å². The highest BCUT2D eigenvalue weighted by atomic mass is 15.2. The van der Waals surface area contributed by atoms with Gasteiger partial charge in [-0.2, -0.15) is 5.10 Å². The van der Waals surface area contributed by atoms with Crippen molar-refractivity contribution in [3.63, 3.8) is 0 Å². The van der Waals surface area contributed by atoms with Crippen LogP contribution in [-0.2, 0) is 0 Å². The molecule has 0 fully saturated rings. The van der Waals surface area contributed by atoms with E-state index in [-0.39, 0.29) is 0 Å². The Bertz CT molecular complexity index is 407. The minimum Gasteiger partial charge on any atom is -0.398 e. The first kappa shape index (κ1) is 11.2. The Labute approximate surface area is 89.5 Å². The highest BCUT2D eigenvalue weighted by molar-refractivity contribution is 5.63. The van der Waals surface area contributed by atoms with Gasteiger partial charge in [0.1, 0.15) is 6.33 Å². The second kappa shape index (κ2) is 5.14. The Balaban J connectivity index is 0.000000531. The van der Waals surface area contributed by atoms with Crippen LogP contribution in [-0.4, -0.2) is 15.2 Å². The van der Waals surface area contributed by atoms with Crippen LogP contribution in [0.15, 0.2) is 24.5 Å². The molecule has 0 radical (unpaired) electrons. The number of H-pyrrole nitrogens is 1. The molecule has 0 amide bonds. The van der Waals surface area contributed by atoms with Crippen molar-refractivity contribution in [1.29, 1.82) is 0 Å². The fourth-order valence-corrected chi connectivity index (χ4v) is 1.13. The zero-order valence-electron chi connectivity index (χ0n) is 9.28. The van der Waals surface area contributed by atoms with Gasteiger partial charge in [-0.05, 0) is 18.6 Å². The number of nitrogens with one attached hydrogen (secondary N) is 1. The van der Waals surface area contributed by atoms with Crippen LogP contribution in [0.3, 0.4) is 0 Å². The number of nitrogens with two attached hydrogens (primary N) is 1. The number of rotatable bonds is 1. The quantitative estimate of drug-likeness (QED) is 0.701. The standard InChI is InChI=1S/C9H10N4.C2H6/c1-6-2-3-7(4-8(6)10)9-11-5-12-13-9;1-2/h2-5H,10H2,1H3,(H,11,12,13);1-2H3. The van der Waals surface area contributed by atoms with E-state index in [9.17, 15) is 0 Å². The molecule has 0 saturated heterocycles. The summed E-state index contributed by atoms with van der Waals surface area (Å²) in [5, 5.41) is 6.56. The van der Waals surface area contributed by atoms with E-state index in [4.69, 9.17) is 5.73 Å². The summed E-state index contributed by atoms with van der Waals surface area (Å²) in [6.45, 7) is 5.97. The van der Waals surface area contributed by atoms with Gasteiger partial charge < -0.3 is 5.73 Å². The number of hydrogen-bond acceptors (Lipinski definition) is 3. The van der Waals surface area contributed by atoms with Crippen molar-refractivity contribution in [1.82, 2.24) is 15.2 Å². The number of nitrogen functional groups attached to an aromatic ring is 1. The number of benzene rings is 1. The molecular weight excluding hydrogens is 188 g/mol. The number of aryl methyl sites for hydroxylation is 1. The highest BCUT2D eigenvalue weighted by Crippen LogP contribution is 2.19. The van der Waals surface area contributed by atoms with E-state index < -0.39 is 0 Å². The Hall–Kier alpha value is -1.84. The summed E-state index contributed by atoms with van der Waals surface area (Å²) in [5.41, 5.74) is 8.57. The molecule has 2 rings (SSSR count). The molecule has 1 aromatic heterocycles. The lowest BCUT2D eigenvalue weighted by atomic mass is 10.1. The van der Waals surface area contributed by atoms with E-state index in [0.717, 1.165) is 22.6 Å². The smallest absolute Gasteiger partial charge is 0.155 e. The molecule has 0 saturated carbocycles. The summed E-state index contributed by atoms with van der Waals surface area (Å²) in [5.74, 6) is 0.742. The van der Waals surface area contributed by atoms with Gasteiger partial charge in [-0.1, -0.05) is 26.0 Å². The summed E-state index contributed by atoms with van der Waals surface area (Å²) in [7, 11) is 0. The molecule has 0 aliphatic rings. The topological polar surface area (TPSA) is 67.6 Å². The predicted molar refractivity (Wildman–Crippen MR) is 62.3 cm³/mol. The molecule has 4 nitrogen and oxygen atoms in total. The normalized spacial score (nSPS) is 9.27. The van der Waals surface area contributed by atoms with Crippen LogP contribution < -0.4 is 5.73 Å². The first-order chi connectivity index (χ1) is 7.27. The highest BCUT2D eigenvalue weighted by Gasteiger charge is 2.01. The second-order valence-electron chi connectivity index (χ2n) is 2.91. The maximum Gasteiger partial charge on any atom is 0.155 e. The number of anilines is 1. The molecule has 0 aliphatic heterocycles.